The van der Waals surface area contributed by atoms with Crippen molar-refractivity contribution >= 4 is 11.2 Å². The minimum absolute atomic E-state index is 0.213. The van der Waals surface area contributed by atoms with Gasteiger partial charge >= 0.3 is 5.76 Å². The number of nitrogens with one attached hydrogen (secondary N) is 1. The lowest BCUT2D eigenvalue weighted by Gasteiger charge is -2.22. The number of piperidine rings is 1. The number of fused-ring (bicyclic) bond motifs is 1. The number of rotatable bonds is 1. The maximum absolute atomic E-state index is 11.8. The lowest BCUT2D eigenvalue weighted by molar-refractivity contribution is 0.348. The van der Waals surface area contributed by atoms with E-state index in [1.54, 1.807) is 22.9 Å². The number of aromatic nitrogens is 2. The maximum atomic E-state index is 11.8. The van der Waals surface area contributed by atoms with Gasteiger partial charge in [-0.3, -0.25) is 4.57 Å². The Bertz CT molecular complexity index is 552. The first-order chi connectivity index (χ1) is 7.86. The molecule has 0 aliphatic carbocycles. The van der Waals surface area contributed by atoms with E-state index < -0.39 is 0 Å². The van der Waals surface area contributed by atoms with Crippen LogP contribution in [0.2, 0.25) is 0 Å². The van der Waals surface area contributed by atoms with Crippen LogP contribution in [0.1, 0.15) is 18.9 Å². The number of hydrogen-bond donors (Lipinski definition) is 1. The van der Waals surface area contributed by atoms with Crippen LogP contribution in [0.4, 0.5) is 0 Å². The molecule has 5 heteroatoms. The topological polar surface area (TPSA) is 60.1 Å². The van der Waals surface area contributed by atoms with Crippen molar-refractivity contribution in [1.29, 1.82) is 0 Å². The Morgan fingerprint density at radius 3 is 3.06 bits per heavy atom. The van der Waals surface area contributed by atoms with Gasteiger partial charge in [-0.15, -0.1) is 0 Å². The number of hydrogen-bond acceptors (Lipinski definition) is 4. The van der Waals surface area contributed by atoms with E-state index in [1.165, 1.54) is 0 Å². The fourth-order valence-electron chi connectivity index (χ4n) is 2.26. The minimum Gasteiger partial charge on any atom is -0.406 e. The highest BCUT2D eigenvalue weighted by Gasteiger charge is 2.21. The van der Waals surface area contributed by atoms with E-state index in [0.29, 0.717) is 11.2 Å². The predicted molar refractivity (Wildman–Crippen MR) is 59.4 cm³/mol. The van der Waals surface area contributed by atoms with Gasteiger partial charge < -0.3 is 9.73 Å². The molecular weight excluding hydrogens is 206 g/mol. The highest BCUT2D eigenvalue weighted by molar-refractivity contribution is 5.67. The van der Waals surface area contributed by atoms with Gasteiger partial charge in [0, 0.05) is 12.2 Å². The van der Waals surface area contributed by atoms with E-state index in [1.807, 2.05) is 0 Å². The molecule has 0 bridgehead atoms. The average Bonchev–Trinajstić information content (AvgIpc) is 2.66. The average molecular weight is 219 g/mol. The zero-order valence-electron chi connectivity index (χ0n) is 8.85. The Balaban J connectivity index is 2.14. The number of nitrogens with zero attached hydrogens (tertiary/aromatic N) is 2. The molecule has 1 fully saturated rings. The molecular formula is C11H13N3O2. The van der Waals surface area contributed by atoms with Gasteiger partial charge in [0.25, 0.3) is 0 Å². The maximum Gasteiger partial charge on any atom is 0.421 e. The molecule has 3 rings (SSSR count). The van der Waals surface area contributed by atoms with Gasteiger partial charge in [0.2, 0.25) is 0 Å². The molecule has 2 aromatic rings. The van der Waals surface area contributed by atoms with Crippen LogP contribution >= 0.6 is 0 Å². The summed E-state index contributed by atoms with van der Waals surface area (Å²) in [5.41, 5.74) is 1.24. The Labute approximate surface area is 92.1 Å². The summed E-state index contributed by atoms with van der Waals surface area (Å²) in [6.07, 6.45) is 3.59. The summed E-state index contributed by atoms with van der Waals surface area (Å²) in [5, 5.41) is 3.28. The normalized spacial score (nSPS) is 18.0. The standard InChI is InChI=1S/C11H13N3O2/c15-11-14(8-3-6-12-7-4-8)10-9(16-11)2-1-5-13-10/h1-2,5,8,12H,3-4,6-7H2. The predicted octanol–water partition coefficient (Wildman–Crippen LogP) is 0.914. The summed E-state index contributed by atoms with van der Waals surface area (Å²) in [4.78, 5) is 16.0. The van der Waals surface area contributed by atoms with Gasteiger partial charge in [-0.05, 0) is 38.1 Å². The third-order valence-electron chi connectivity index (χ3n) is 3.05. The second-order valence-corrected chi connectivity index (χ2v) is 4.04. The summed E-state index contributed by atoms with van der Waals surface area (Å²) >= 11 is 0. The summed E-state index contributed by atoms with van der Waals surface area (Å²) in [7, 11) is 0. The van der Waals surface area contributed by atoms with E-state index in [2.05, 4.69) is 10.3 Å². The van der Waals surface area contributed by atoms with Crippen molar-refractivity contribution in [3.05, 3.63) is 28.9 Å². The Hall–Kier alpha value is -1.62. The highest BCUT2D eigenvalue weighted by atomic mass is 16.4. The molecule has 0 radical (unpaired) electrons. The van der Waals surface area contributed by atoms with Crippen molar-refractivity contribution in [2.24, 2.45) is 0 Å². The first-order valence-electron chi connectivity index (χ1n) is 5.53. The first-order valence-corrected chi connectivity index (χ1v) is 5.53. The van der Waals surface area contributed by atoms with E-state index >= 15 is 0 Å². The third kappa shape index (κ3) is 1.44. The molecule has 0 unspecified atom stereocenters. The van der Waals surface area contributed by atoms with Crippen molar-refractivity contribution < 1.29 is 4.42 Å². The van der Waals surface area contributed by atoms with Crippen LogP contribution < -0.4 is 11.1 Å². The van der Waals surface area contributed by atoms with Gasteiger partial charge in [0.1, 0.15) is 0 Å². The van der Waals surface area contributed by atoms with Crippen molar-refractivity contribution in [1.82, 2.24) is 14.9 Å². The molecule has 0 saturated carbocycles. The highest BCUT2D eigenvalue weighted by Crippen LogP contribution is 2.21. The molecule has 84 valence electrons. The number of oxazole rings is 1. The summed E-state index contributed by atoms with van der Waals surface area (Å²) in [5.74, 6) is -0.291. The van der Waals surface area contributed by atoms with Crippen LogP contribution in [0.15, 0.2) is 27.5 Å². The van der Waals surface area contributed by atoms with Crippen molar-refractivity contribution in [3.8, 4) is 0 Å². The second kappa shape index (κ2) is 3.75. The lowest BCUT2D eigenvalue weighted by Crippen LogP contribution is -2.32. The SMILES string of the molecule is O=c1oc2cccnc2n1C1CCNCC1. The molecule has 1 saturated heterocycles. The molecule has 3 heterocycles. The van der Waals surface area contributed by atoms with E-state index in [9.17, 15) is 4.79 Å². The van der Waals surface area contributed by atoms with Crippen LogP contribution in [-0.4, -0.2) is 22.6 Å². The summed E-state index contributed by atoms with van der Waals surface area (Å²) < 4.78 is 6.87. The summed E-state index contributed by atoms with van der Waals surface area (Å²) in [6.45, 7) is 1.88. The summed E-state index contributed by atoms with van der Waals surface area (Å²) in [6, 6.07) is 3.77. The smallest absolute Gasteiger partial charge is 0.406 e. The van der Waals surface area contributed by atoms with Crippen molar-refractivity contribution in [2.45, 2.75) is 18.9 Å². The molecule has 0 aromatic carbocycles. The molecule has 1 aliphatic heterocycles. The zero-order chi connectivity index (χ0) is 11.0. The van der Waals surface area contributed by atoms with Gasteiger partial charge in [-0.2, -0.15) is 0 Å². The Morgan fingerprint density at radius 2 is 2.25 bits per heavy atom. The van der Waals surface area contributed by atoms with Crippen LogP contribution in [0.5, 0.6) is 0 Å². The fraction of sp³-hybridized carbons (Fsp3) is 0.455. The van der Waals surface area contributed by atoms with Crippen LogP contribution in [0.3, 0.4) is 0 Å². The number of pyridine rings is 1. The van der Waals surface area contributed by atoms with E-state index in [0.717, 1.165) is 25.9 Å². The van der Waals surface area contributed by atoms with Crippen LogP contribution in [0, 0.1) is 0 Å². The van der Waals surface area contributed by atoms with Crippen LogP contribution in [-0.2, 0) is 0 Å². The molecule has 5 nitrogen and oxygen atoms in total. The van der Waals surface area contributed by atoms with Crippen LogP contribution in [0.25, 0.3) is 11.2 Å². The fourth-order valence-corrected chi connectivity index (χ4v) is 2.26. The third-order valence-corrected chi connectivity index (χ3v) is 3.05. The molecule has 0 atom stereocenters. The van der Waals surface area contributed by atoms with Crippen molar-refractivity contribution in [2.75, 3.05) is 13.1 Å². The molecule has 1 aliphatic rings. The Kier molecular flexibility index (Phi) is 2.25. The molecule has 1 N–H and O–H groups in total. The monoisotopic (exact) mass is 219 g/mol. The largest absolute Gasteiger partial charge is 0.421 e. The van der Waals surface area contributed by atoms with Gasteiger partial charge in [-0.25, -0.2) is 9.78 Å². The molecule has 0 spiro atoms. The van der Waals surface area contributed by atoms with Gasteiger partial charge in [-0.1, -0.05) is 0 Å². The first kappa shape index (κ1) is 9.59. The Morgan fingerprint density at radius 1 is 1.44 bits per heavy atom. The van der Waals surface area contributed by atoms with Gasteiger partial charge in [0.05, 0.1) is 0 Å². The van der Waals surface area contributed by atoms with Crippen molar-refractivity contribution in [3.63, 3.8) is 0 Å². The second-order valence-electron chi connectivity index (χ2n) is 4.04. The zero-order valence-corrected chi connectivity index (χ0v) is 8.85. The molecule has 0 amide bonds. The van der Waals surface area contributed by atoms with E-state index in [4.69, 9.17) is 4.42 Å². The minimum atomic E-state index is -0.291. The van der Waals surface area contributed by atoms with E-state index in [-0.39, 0.29) is 11.8 Å². The quantitative estimate of drug-likeness (QED) is 0.774. The molecule has 16 heavy (non-hydrogen) atoms. The molecule has 2 aromatic heterocycles. The lowest BCUT2D eigenvalue weighted by atomic mass is 10.1. The van der Waals surface area contributed by atoms with Gasteiger partial charge in [0.15, 0.2) is 11.2 Å².